The zero-order valence-corrected chi connectivity index (χ0v) is 18.3. The molecule has 2 saturated heterocycles. The number of amides is 2. The number of hydrogen-bond acceptors (Lipinski definition) is 5. The van der Waals surface area contributed by atoms with Gasteiger partial charge in [-0.2, -0.15) is 0 Å². The molecule has 0 atom stereocenters. The van der Waals surface area contributed by atoms with Crippen LogP contribution < -0.4 is 5.32 Å². The Morgan fingerprint density at radius 1 is 1.04 bits per heavy atom. The predicted octanol–water partition coefficient (Wildman–Crippen LogP) is -1.26. The van der Waals surface area contributed by atoms with Crippen molar-refractivity contribution < 1.29 is 14.3 Å². The van der Waals surface area contributed by atoms with E-state index < -0.39 is 0 Å². The molecule has 0 aromatic carbocycles. The van der Waals surface area contributed by atoms with Gasteiger partial charge in [-0.25, -0.2) is 0 Å². The first kappa shape index (κ1) is 22.9. The Kier molecular flexibility index (Phi) is 10.2. The molecule has 0 bridgehead atoms. The lowest BCUT2D eigenvalue weighted by atomic mass is 10.3. The van der Waals surface area contributed by atoms with Gasteiger partial charge in [-0.3, -0.25) is 19.5 Å². The molecule has 2 aliphatic rings. The third kappa shape index (κ3) is 6.88. The average molecular weight is 482 g/mol. The number of carbonyl (C=O) groups excluding carboxylic acids is 2. The molecule has 26 heavy (non-hydrogen) atoms. The van der Waals surface area contributed by atoms with Crippen LogP contribution >= 0.6 is 24.0 Å². The number of guanidine groups is 1. The number of ether oxygens (including phenoxy) is 1. The molecule has 0 radical (unpaired) electrons. The van der Waals surface area contributed by atoms with Gasteiger partial charge in [0, 0.05) is 60.4 Å². The largest absolute Gasteiger partial charge is 0.378 e. The third-order valence-electron chi connectivity index (χ3n) is 4.50. The second-order valence-corrected chi connectivity index (χ2v) is 6.45. The summed E-state index contributed by atoms with van der Waals surface area (Å²) in [7, 11) is 5.19. The van der Waals surface area contributed by atoms with E-state index in [0.717, 1.165) is 32.1 Å². The Balaban J connectivity index is 0.00000338. The minimum absolute atomic E-state index is 0. The molecule has 0 aromatic heterocycles. The maximum Gasteiger partial charge on any atom is 0.241 e. The Bertz CT molecular complexity index is 488. The van der Waals surface area contributed by atoms with Crippen LogP contribution in [0.3, 0.4) is 0 Å². The Morgan fingerprint density at radius 3 is 2.19 bits per heavy atom. The van der Waals surface area contributed by atoms with E-state index in [1.54, 1.807) is 26.0 Å². The highest BCUT2D eigenvalue weighted by Crippen LogP contribution is 2.05. The summed E-state index contributed by atoms with van der Waals surface area (Å²) in [6.07, 6.45) is 0. The summed E-state index contributed by atoms with van der Waals surface area (Å²) in [5.41, 5.74) is 0. The Hall–Kier alpha value is -1.14. The number of nitrogens with one attached hydrogen (secondary N) is 1. The molecule has 2 aliphatic heterocycles. The average Bonchev–Trinajstić information content (AvgIpc) is 2.63. The van der Waals surface area contributed by atoms with Gasteiger partial charge in [0.2, 0.25) is 11.8 Å². The van der Waals surface area contributed by atoms with E-state index >= 15 is 0 Å². The summed E-state index contributed by atoms with van der Waals surface area (Å²) in [5, 5.41) is 3.10. The SMILES string of the molecule is CN=C(NCC(=O)N(C)C)N1CCN(CC(=O)N2CCOCC2)CC1.I. The minimum Gasteiger partial charge on any atom is -0.378 e. The standard InChI is InChI=1S/C16H30N6O3.HI/c1-17-16(18-12-14(23)19(2)3)22-6-4-20(5-7-22)13-15(24)21-8-10-25-11-9-21;/h4-13H2,1-3H3,(H,17,18);1H. The summed E-state index contributed by atoms with van der Waals surface area (Å²) >= 11 is 0. The van der Waals surface area contributed by atoms with Crippen LogP contribution in [0.2, 0.25) is 0 Å². The number of aliphatic imine (C=N–C) groups is 1. The summed E-state index contributed by atoms with van der Waals surface area (Å²) in [5.74, 6) is 0.918. The fraction of sp³-hybridized carbons (Fsp3) is 0.812. The van der Waals surface area contributed by atoms with E-state index in [9.17, 15) is 9.59 Å². The lowest BCUT2D eigenvalue weighted by molar-refractivity contribution is -0.136. The molecule has 0 aromatic rings. The number of morpholine rings is 1. The van der Waals surface area contributed by atoms with E-state index in [-0.39, 0.29) is 42.3 Å². The van der Waals surface area contributed by atoms with Crippen molar-refractivity contribution in [2.75, 3.05) is 86.7 Å². The second-order valence-electron chi connectivity index (χ2n) is 6.45. The highest BCUT2D eigenvalue weighted by Gasteiger charge is 2.24. The van der Waals surface area contributed by atoms with Crippen molar-refractivity contribution in [1.82, 2.24) is 24.9 Å². The van der Waals surface area contributed by atoms with E-state index in [4.69, 9.17) is 4.74 Å². The highest BCUT2D eigenvalue weighted by molar-refractivity contribution is 14.0. The van der Waals surface area contributed by atoms with Crippen molar-refractivity contribution in [2.45, 2.75) is 0 Å². The normalized spacial score (nSPS) is 19.0. The fourth-order valence-electron chi connectivity index (χ4n) is 2.87. The molecule has 150 valence electrons. The Morgan fingerprint density at radius 2 is 1.65 bits per heavy atom. The summed E-state index contributed by atoms with van der Waals surface area (Å²) < 4.78 is 5.29. The topological polar surface area (TPSA) is 80.7 Å². The predicted molar refractivity (Wildman–Crippen MR) is 111 cm³/mol. The van der Waals surface area contributed by atoms with Crippen LogP contribution in [0.4, 0.5) is 0 Å². The molecule has 2 heterocycles. The first-order chi connectivity index (χ1) is 12.0. The van der Waals surface area contributed by atoms with Crippen LogP contribution in [-0.2, 0) is 14.3 Å². The Labute approximate surface area is 172 Å². The number of nitrogens with zero attached hydrogens (tertiary/aromatic N) is 5. The van der Waals surface area contributed by atoms with Gasteiger partial charge in [-0.1, -0.05) is 0 Å². The quantitative estimate of drug-likeness (QED) is 0.307. The number of likely N-dealkylation sites (N-methyl/N-ethyl adjacent to an activating group) is 1. The van der Waals surface area contributed by atoms with Crippen molar-refractivity contribution in [3.05, 3.63) is 0 Å². The number of halogens is 1. The minimum atomic E-state index is 0. The molecule has 9 nitrogen and oxygen atoms in total. The van der Waals surface area contributed by atoms with E-state index in [1.807, 2.05) is 4.90 Å². The van der Waals surface area contributed by atoms with Crippen molar-refractivity contribution in [1.29, 1.82) is 0 Å². The van der Waals surface area contributed by atoms with Gasteiger partial charge in [0.25, 0.3) is 0 Å². The third-order valence-corrected chi connectivity index (χ3v) is 4.50. The molecule has 2 fully saturated rings. The molecule has 0 spiro atoms. The highest BCUT2D eigenvalue weighted by atomic mass is 127. The first-order valence-corrected chi connectivity index (χ1v) is 8.75. The summed E-state index contributed by atoms with van der Waals surface area (Å²) in [4.78, 5) is 36.0. The maximum absolute atomic E-state index is 12.3. The van der Waals surface area contributed by atoms with Gasteiger partial charge in [-0.05, 0) is 0 Å². The zero-order chi connectivity index (χ0) is 18.2. The number of rotatable bonds is 4. The van der Waals surface area contributed by atoms with Crippen LogP contribution in [0.15, 0.2) is 4.99 Å². The van der Waals surface area contributed by atoms with Gasteiger partial charge >= 0.3 is 0 Å². The summed E-state index contributed by atoms with van der Waals surface area (Å²) in [6, 6.07) is 0. The van der Waals surface area contributed by atoms with Gasteiger partial charge in [0.15, 0.2) is 5.96 Å². The van der Waals surface area contributed by atoms with Gasteiger partial charge in [0.1, 0.15) is 0 Å². The van der Waals surface area contributed by atoms with E-state index in [1.165, 1.54) is 0 Å². The van der Waals surface area contributed by atoms with Gasteiger partial charge in [0.05, 0.1) is 26.3 Å². The van der Waals surface area contributed by atoms with Crippen LogP contribution in [0.1, 0.15) is 0 Å². The number of carbonyl (C=O) groups is 2. The van der Waals surface area contributed by atoms with Crippen LogP contribution in [-0.4, -0.2) is 124 Å². The van der Waals surface area contributed by atoms with Crippen molar-refractivity contribution in [3.63, 3.8) is 0 Å². The lowest BCUT2D eigenvalue weighted by Crippen LogP contribution is -2.55. The summed E-state index contributed by atoms with van der Waals surface area (Å²) in [6.45, 7) is 6.51. The number of hydrogen-bond donors (Lipinski definition) is 1. The van der Waals surface area contributed by atoms with Gasteiger partial charge < -0.3 is 24.8 Å². The molecule has 0 unspecified atom stereocenters. The van der Waals surface area contributed by atoms with Gasteiger partial charge in [-0.15, -0.1) is 24.0 Å². The molecule has 2 amide bonds. The molecule has 0 saturated carbocycles. The maximum atomic E-state index is 12.3. The lowest BCUT2D eigenvalue weighted by Gasteiger charge is -2.37. The van der Waals surface area contributed by atoms with E-state index in [2.05, 4.69) is 20.1 Å². The van der Waals surface area contributed by atoms with Crippen molar-refractivity contribution in [2.24, 2.45) is 4.99 Å². The fourth-order valence-corrected chi connectivity index (χ4v) is 2.87. The van der Waals surface area contributed by atoms with Crippen LogP contribution in [0, 0.1) is 0 Å². The smallest absolute Gasteiger partial charge is 0.241 e. The molecular formula is C16H31IN6O3. The molecule has 2 rings (SSSR count). The van der Waals surface area contributed by atoms with Crippen molar-refractivity contribution >= 4 is 41.8 Å². The van der Waals surface area contributed by atoms with Crippen LogP contribution in [0.25, 0.3) is 0 Å². The van der Waals surface area contributed by atoms with Crippen molar-refractivity contribution in [3.8, 4) is 0 Å². The first-order valence-electron chi connectivity index (χ1n) is 8.75. The number of piperazine rings is 1. The molecule has 1 N–H and O–H groups in total. The molecule has 0 aliphatic carbocycles. The zero-order valence-electron chi connectivity index (χ0n) is 15.9. The molecule has 10 heteroatoms. The van der Waals surface area contributed by atoms with Crippen LogP contribution in [0.5, 0.6) is 0 Å². The second kappa shape index (κ2) is 11.5. The molecular weight excluding hydrogens is 451 g/mol. The van der Waals surface area contributed by atoms with E-state index in [0.29, 0.717) is 32.8 Å². The monoisotopic (exact) mass is 482 g/mol.